The quantitative estimate of drug-likeness (QED) is 0.361. The molecule has 0 spiro atoms. The zero-order valence-corrected chi connectivity index (χ0v) is 17.8. The minimum absolute atomic E-state index is 0.0454. The first-order valence-electron chi connectivity index (χ1n) is 9.39. The molecule has 0 radical (unpaired) electrons. The number of aliphatic carboxylic acids is 1. The third-order valence-electron chi connectivity index (χ3n) is 4.42. The molecule has 0 aliphatic heterocycles. The van der Waals surface area contributed by atoms with Gasteiger partial charge in [0.25, 0.3) is 11.5 Å². The second-order valence-corrected chi connectivity index (χ2v) is 6.55. The van der Waals surface area contributed by atoms with E-state index >= 15 is 0 Å². The summed E-state index contributed by atoms with van der Waals surface area (Å²) < 4.78 is 5.63. The van der Waals surface area contributed by atoms with Crippen molar-refractivity contribution in [1.82, 2.24) is 5.32 Å². The van der Waals surface area contributed by atoms with E-state index in [4.69, 9.17) is 14.4 Å². The van der Waals surface area contributed by atoms with Crippen LogP contribution in [0, 0.1) is 0 Å². The molecule has 0 saturated heterocycles. The molecular weight excluding hydrogens is 402 g/mol. The number of carboxylic acid groups (broad SMARTS) is 1. The fourth-order valence-corrected chi connectivity index (χ4v) is 2.64. The number of nitrogens with zero attached hydrogens (tertiary/aromatic N) is 2. The molecule has 0 aliphatic carbocycles. The summed E-state index contributed by atoms with van der Waals surface area (Å²) >= 11 is 0. The zero-order valence-electron chi connectivity index (χ0n) is 17.8. The van der Waals surface area contributed by atoms with E-state index in [1.54, 1.807) is 61.5 Å². The fourth-order valence-electron chi connectivity index (χ4n) is 2.64. The Hall–Kier alpha value is -3.88. The number of nitrogens with one attached hydrogen (secondary N) is 1. The van der Waals surface area contributed by atoms with Gasteiger partial charge >= 0.3 is 5.97 Å². The molecule has 0 fully saturated rings. The maximum Gasteiger partial charge on any atom is 0.355 e. The van der Waals surface area contributed by atoms with Gasteiger partial charge in [0.15, 0.2) is 5.71 Å². The zero-order chi connectivity index (χ0) is 22.9. The van der Waals surface area contributed by atoms with Gasteiger partial charge in [-0.15, -0.1) is 0 Å². The SMILES string of the molecule is CNC(=O)/C(=N/OC)c1ccccc1CO/C(C)=N/OC(C)(C(=O)O)c1ccccc1. The van der Waals surface area contributed by atoms with E-state index in [1.165, 1.54) is 21.1 Å². The Morgan fingerprint density at radius 3 is 2.32 bits per heavy atom. The predicted molar refractivity (Wildman–Crippen MR) is 114 cm³/mol. The molecule has 9 nitrogen and oxygen atoms in total. The monoisotopic (exact) mass is 427 g/mol. The smallest absolute Gasteiger partial charge is 0.355 e. The van der Waals surface area contributed by atoms with Crippen LogP contribution >= 0.6 is 0 Å². The second-order valence-electron chi connectivity index (χ2n) is 6.55. The minimum atomic E-state index is -1.68. The third-order valence-corrected chi connectivity index (χ3v) is 4.42. The van der Waals surface area contributed by atoms with Gasteiger partial charge in [0.05, 0.1) is 0 Å². The topological polar surface area (TPSA) is 119 Å². The normalized spacial score (nSPS) is 13.7. The van der Waals surface area contributed by atoms with Crippen LogP contribution in [0.15, 0.2) is 64.9 Å². The van der Waals surface area contributed by atoms with Crippen LogP contribution in [-0.4, -0.2) is 42.7 Å². The molecule has 1 unspecified atom stereocenters. The van der Waals surface area contributed by atoms with E-state index in [1.807, 2.05) is 0 Å². The van der Waals surface area contributed by atoms with E-state index in [-0.39, 0.29) is 18.2 Å². The number of carboxylic acids is 1. The molecule has 2 rings (SSSR count). The van der Waals surface area contributed by atoms with E-state index in [9.17, 15) is 14.7 Å². The van der Waals surface area contributed by atoms with Crippen LogP contribution in [0.1, 0.15) is 30.5 Å². The molecule has 1 atom stereocenters. The summed E-state index contributed by atoms with van der Waals surface area (Å²) in [6.45, 7) is 3.00. The fraction of sp³-hybridized carbons (Fsp3) is 0.273. The Kier molecular flexibility index (Phi) is 8.13. The van der Waals surface area contributed by atoms with Crippen LogP contribution in [0.3, 0.4) is 0 Å². The minimum Gasteiger partial charge on any atom is -0.478 e. The average molecular weight is 427 g/mol. The summed E-state index contributed by atoms with van der Waals surface area (Å²) in [5, 5.41) is 19.8. The van der Waals surface area contributed by atoms with Gasteiger partial charge in [0.2, 0.25) is 5.90 Å². The maximum atomic E-state index is 12.1. The first-order chi connectivity index (χ1) is 14.8. The van der Waals surface area contributed by atoms with Gasteiger partial charge in [0.1, 0.15) is 13.7 Å². The number of rotatable bonds is 9. The van der Waals surface area contributed by atoms with E-state index in [0.29, 0.717) is 16.7 Å². The summed E-state index contributed by atoms with van der Waals surface area (Å²) in [6.07, 6.45) is 0. The number of benzene rings is 2. The van der Waals surface area contributed by atoms with E-state index in [0.717, 1.165) is 0 Å². The lowest BCUT2D eigenvalue weighted by Gasteiger charge is -2.23. The Labute approximate surface area is 180 Å². The highest BCUT2D eigenvalue weighted by molar-refractivity contribution is 6.45. The number of likely N-dealkylation sites (N-methyl/N-ethyl adjacent to an activating group) is 1. The Morgan fingerprint density at radius 1 is 1.06 bits per heavy atom. The van der Waals surface area contributed by atoms with Gasteiger partial charge in [-0.25, -0.2) is 4.79 Å². The summed E-state index contributed by atoms with van der Waals surface area (Å²) in [4.78, 5) is 34.1. The highest BCUT2D eigenvalue weighted by Crippen LogP contribution is 2.26. The van der Waals surface area contributed by atoms with Gasteiger partial charge in [-0.3, -0.25) is 4.79 Å². The highest BCUT2D eigenvalue weighted by Gasteiger charge is 2.38. The highest BCUT2D eigenvalue weighted by atomic mass is 16.7. The van der Waals surface area contributed by atoms with Gasteiger partial charge in [-0.05, 0) is 12.5 Å². The third kappa shape index (κ3) is 5.81. The largest absolute Gasteiger partial charge is 0.478 e. The van der Waals surface area contributed by atoms with Gasteiger partial charge in [-0.1, -0.05) is 64.9 Å². The first-order valence-corrected chi connectivity index (χ1v) is 9.39. The summed E-state index contributed by atoms with van der Waals surface area (Å²) in [6, 6.07) is 15.5. The van der Waals surface area contributed by atoms with Crippen LogP contribution in [0.4, 0.5) is 0 Å². The summed E-state index contributed by atoms with van der Waals surface area (Å²) in [5.74, 6) is -1.49. The van der Waals surface area contributed by atoms with Crippen molar-refractivity contribution in [2.24, 2.45) is 10.3 Å². The van der Waals surface area contributed by atoms with Crippen molar-refractivity contribution >= 4 is 23.5 Å². The number of ether oxygens (including phenoxy) is 1. The molecule has 2 aromatic carbocycles. The van der Waals surface area contributed by atoms with Gasteiger partial charge < -0.3 is 24.8 Å². The molecule has 31 heavy (non-hydrogen) atoms. The van der Waals surface area contributed by atoms with E-state index in [2.05, 4.69) is 15.6 Å². The standard InChI is InChI=1S/C22H25N3O6/c1-15(24-31-22(2,21(27)28)17-11-6-5-7-12-17)30-14-16-10-8-9-13-18(16)19(25-29-4)20(26)23-3/h5-13H,14H2,1-4H3,(H,23,26)(H,27,28)/b24-15+,25-19+. The van der Waals surface area contributed by atoms with Crippen LogP contribution in [0.2, 0.25) is 0 Å². The van der Waals surface area contributed by atoms with Crippen molar-refractivity contribution in [2.45, 2.75) is 26.1 Å². The molecule has 2 aromatic rings. The van der Waals surface area contributed by atoms with Crippen molar-refractivity contribution in [3.63, 3.8) is 0 Å². The molecule has 0 aliphatic rings. The molecule has 0 saturated carbocycles. The number of oxime groups is 2. The molecular formula is C22H25N3O6. The summed E-state index contributed by atoms with van der Waals surface area (Å²) in [7, 11) is 2.84. The molecule has 9 heteroatoms. The molecule has 0 bridgehead atoms. The van der Waals surface area contributed by atoms with Crippen molar-refractivity contribution < 1.29 is 29.1 Å². The van der Waals surface area contributed by atoms with Crippen LogP contribution in [0.5, 0.6) is 0 Å². The number of carbonyl (C=O) groups excluding carboxylic acids is 1. The molecule has 2 N–H and O–H groups in total. The van der Waals surface area contributed by atoms with E-state index < -0.39 is 17.5 Å². The van der Waals surface area contributed by atoms with Crippen LogP contribution in [0.25, 0.3) is 0 Å². The van der Waals surface area contributed by atoms with Gasteiger partial charge in [-0.2, -0.15) is 0 Å². The van der Waals surface area contributed by atoms with Crippen molar-refractivity contribution in [2.75, 3.05) is 14.2 Å². The summed E-state index contributed by atoms with van der Waals surface area (Å²) in [5.41, 5.74) is 0.0342. The predicted octanol–water partition coefficient (Wildman–Crippen LogP) is 2.65. The lowest BCUT2D eigenvalue weighted by atomic mass is 9.96. The lowest BCUT2D eigenvalue weighted by Crippen LogP contribution is -2.34. The number of carbonyl (C=O) groups is 2. The second kappa shape index (κ2) is 10.8. The van der Waals surface area contributed by atoms with Crippen LogP contribution in [-0.2, 0) is 36.2 Å². The number of amides is 1. The lowest BCUT2D eigenvalue weighted by molar-refractivity contribution is -0.165. The molecule has 0 aromatic heterocycles. The van der Waals surface area contributed by atoms with Gasteiger partial charge in [0, 0.05) is 25.1 Å². The number of hydrogen-bond acceptors (Lipinski definition) is 7. The Morgan fingerprint density at radius 2 is 1.71 bits per heavy atom. The average Bonchev–Trinajstić information content (AvgIpc) is 2.79. The first kappa shape index (κ1) is 23.4. The van der Waals surface area contributed by atoms with Crippen molar-refractivity contribution in [3.05, 3.63) is 71.3 Å². The Balaban J connectivity index is 2.18. The molecule has 0 heterocycles. The Bertz CT molecular complexity index is 974. The molecule has 1 amide bonds. The maximum absolute atomic E-state index is 12.1. The van der Waals surface area contributed by atoms with Crippen molar-refractivity contribution in [1.29, 1.82) is 0 Å². The molecule has 164 valence electrons. The van der Waals surface area contributed by atoms with Crippen molar-refractivity contribution in [3.8, 4) is 0 Å². The van der Waals surface area contributed by atoms with Crippen LogP contribution < -0.4 is 5.32 Å². The number of hydrogen-bond donors (Lipinski definition) is 2.